The normalized spacial score (nSPS) is 11.2. The van der Waals surface area contributed by atoms with Crippen molar-refractivity contribution in [1.29, 1.82) is 0 Å². The fourth-order valence-corrected chi connectivity index (χ4v) is 2.93. The minimum absolute atomic E-state index is 0.388. The van der Waals surface area contributed by atoms with Crippen LogP contribution in [0.15, 0.2) is 62.2 Å². The lowest BCUT2D eigenvalue weighted by molar-refractivity contribution is 0.415. The highest BCUT2D eigenvalue weighted by atomic mass is 16.5. The standard InChI is InChI=1S/C19H14O4/c1-11-16(12-7-9-13(21-2)10-8-12)17-18(22-11)14-5-3-4-6-15(14)23-19(17)20/h3-10H,1-2H3. The van der Waals surface area contributed by atoms with Gasteiger partial charge in [-0.25, -0.2) is 4.79 Å². The van der Waals surface area contributed by atoms with Crippen LogP contribution in [-0.2, 0) is 0 Å². The van der Waals surface area contributed by atoms with Gasteiger partial charge in [-0.2, -0.15) is 0 Å². The molecule has 0 spiro atoms. The Balaban J connectivity index is 2.09. The molecule has 0 fully saturated rings. The zero-order chi connectivity index (χ0) is 16.0. The molecule has 0 saturated heterocycles. The number of aryl methyl sites for hydroxylation is 1. The zero-order valence-electron chi connectivity index (χ0n) is 12.8. The number of ether oxygens (including phenoxy) is 1. The third-order valence-corrected chi connectivity index (χ3v) is 4.00. The molecule has 23 heavy (non-hydrogen) atoms. The number of furan rings is 1. The summed E-state index contributed by atoms with van der Waals surface area (Å²) < 4.78 is 16.5. The summed E-state index contributed by atoms with van der Waals surface area (Å²) >= 11 is 0. The zero-order valence-corrected chi connectivity index (χ0v) is 12.8. The second-order valence-electron chi connectivity index (χ2n) is 5.35. The predicted octanol–water partition coefficient (Wildman–Crippen LogP) is 4.52. The van der Waals surface area contributed by atoms with E-state index in [2.05, 4.69) is 0 Å². The molecular weight excluding hydrogens is 292 g/mol. The number of fused-ring (bicyclic) bond motifs is 3. The van der Waals surface area contributed by atoms with E-state index in [4.69, 9.17) is 13.6 Å². The number of para-hydroxylation sites is 1. The molecule has 0 saturated carbocycles. The summed E-state index contributed by atoms with van der Waals surface area (Å²) in [6.07, 6.45) is 0. The van der Waals surface area contributed by atoms with E-state index in [-0.39, 0.29) is 5.63 Å². The van der Waals surface area contributed by atoms with Crippen molar-refractivity contribution in [2.45, 2.75) is 6.92 Å². The molecule has 0 unspecified atom stereocenters. The van der Waals surface area contributed by atoms with Gasteiger partial charge in [0.05, 0.1) is 12.5 Å². The van der Waals surface area contributed by atoms with Crippen molar-refractivity contribution < 1.29 is 13.6 Å². The Hall–Kier alpha value is -3.01. The van der Waals surface area contributed by atoms with Gasteiger partial charge < -0.3 is 13.6 Å². The van der Waals surface area contributed by atoms with Crippen molar-refractivity contribution in [1.82, 2.24) is 0 Å². The van der Waals surface area contributed by atoms with Crippen molar-refractivity contribution in [3.63, 3.8) is 0 Å². The summed E-state index contributed by atoms with van der Waals surface area (Å²) in [6.45, 7) is 1.85. The van der Waals surface area contributed by atoms with Gasteiger partial charge in [0, 0.05) is 5.56 Å². The highest BCUT2D eigenvalue weighted by Gasteiger charge is 2.19. The Morgan fingerprint density at radius 3 is 2.43 bits per heavy atom. The monoisotopic (exact) mass is 306 g/mol. The summed E-state index contributed by atoms with van der Waals surface area (Å²) in [5.41, 5.74) is 2.37. The van der Waals surface area contributed by atoms with E-state index in [0.29, 0.717) is 22.3 Å². The molecule has 0 amide bonds. The molecule has 2 aromatic carbocycles. The van der Waals surface area contributed by atoms with Crippen LogP contribution in [0.5, 0.6) is 5.75 Å². The topological polar surface area (TPSA) is 52.6 Å². The van der Waals surface area contributed by atoms with Crippen LogP contribution in [0, 0.1) is 6.92 Å². The van der Waals surface area contributed by atoms with Crippen LogP contribution in [0.1, 0.15) is 5.76 Å². The third kappa shape index (κ3) is 2.03. The molecule has 0 aliphatic rings. The van der Waals surface area contributed by atoms with E-state index >= 15 is 0 Å². The highest BCUT2D eigenvalue weighted by molar-refractivity contribution is 6.07. The summed E-state index contributed by atoms with van der Waals surface area (Å²) in [7, 11) is 1.62. The number of benzene rings is 2. The lowest BCUT2D eigenvalue weighted by Gasteiger charge is -2.03. The average molecular weight is 306 g/mol. The molecule has 114 valence electrons. The van der Waals surface area contributed by atoms with Gasteiger partial charge in [0.2, 0.25) is 0 Å². The molecule has 4 heteroatoms. The maximum atomic E-state index is 12.5. The molecule has 2 heterocycles. The van der Waals surface area contributed by atoms with E-state index in [9.17, 15) is 4.79 Å². The minimum Gasteiger partial charge on any atom is -0.497 e. The number of rotatable bonds is 2. The van der Waals surface area contributed by atoms with Crippen molar-refractivity contribution in [2.75, 3.05) is 7.11 Å². The first-order chi connectivity index (χ1) is 11.2. The molecular formula is C19H14O4. The number of hydrogen-bond donors (Lipinski definition) is 0. The van der Waals surface area contributed by atoms with Crippen molar-refractivity contribution in [3.05, 3.63) is 64.7 Å². The van der Waals surface area contributed by atoms with Crippen molar-refractivity contribution in [2.24, 2.45) is 0 Å². The second kappa shape index (κ2) is 5.02. The van der Waals surface area contributed by atoms with Gasteiger partial charge >= 0.3 is 5.63 Å². The molecule has 0 bridgehead atoms. The number of hydrogen-bond acceptors (Lipinski definition) is 4. The third-order valence-electron chi connectivity index (χ3n) is 4.00. The van der Waals surface area contributed by atoms with Gasteiger partial charge in [-0.1, -0.05) is 24.3 Å². The molecule has 0 radical (unpaired) electrons. The summed E-state index contributed by atoms with van der Waals surface area (Å²) in [5.74, 6) is 1.45. The van der Waals surface area contributed by atoms with Crippen LogP contribution in [0.3, 0.4) is 0 Å². The van der Waals surface area contributed by atoms with E-state index in [1.54, 1.807) is 13.2 Å². The Morgan fingerprint density at radius 2 is 1.70 bits per heavy atom. The van der Waals surface area contributed by atoms with Gasteiger partial charge in [0.25, 0.3) is 0 Å². The summed E-state index contributed by atoms with van der Waals surface area (Å²) in [6, 6.07) is 14.9. The highest BCUT2D eigenvalue weighted by Crippen LogP contribution is 2.36. The van der Waals surface area contributed by atoms with Crippen LogP contribution < -0.4 is 10.4 Å². The van der Waals surface area contributed by atoms with Crippen LogP contribution in [-0.4, -0.2) is 7.11 Å². The maximum Gasteiger partial charge on any atom is 0.348 e. The first kappa shape index (κ1) is 13.6. The molecule has 2 aromatic heterocycles. The van der Waals surface area contributed by atoms with Gasteiger partial charge in [0.15, 0.2) is 5.58 Å². The quantitative estimate of drug-likeness (QED) is 0.511. The predicted molar refractivity (Wildman–Crippen MR) is 89.0 cm³/mol. The first-order valence-electron chi connectivity index (χ1n) is 7.28. The molecule has 0 aliphatic heterocycles. The van der Waals surface area contributed by atoms with E-state index in [0.717, 1.165) is 22.3 Å². The van der Waals surface area contributed by atoms with Crippen LogP contribution in [0.4, 0.5) is 0 Å². The average Bonchev–Trinajstić information content (AvgIpc) is 2.93. The summed E-state index contributed by atoms with van der Waals surface area (Å²) in [5, 5.41) is 1.27. The SMILES string of the molecule is COc1ccc(-c2c(C)oc3c2c(=O)oc2ccccc23)cc1. The minimum atomic E-state index is -0.388. The van der Waals surface area contributed by atoms with E-state index in [1.165, 1.54) is 0 Å². The molecule has 0 N–H and O–H groups in total. The van der Waals surface area contributed by atoms with Gasteiger partial charge in [-0.15, -0.1) is 0 Å². The lowest BCUT2D eigenvalue weighted by atomic mass is 10.0. The number of methoxy groups -OCH3 is 1. The molecule has 0 atom stereocenters. The largest absolute Gasteiger partial charge is 0.497 e. The van der Waals surface area contributed by atoms with E-state index < -0.39 is 0 Å². The molecule has 4 nitrogen and oxygen atoms in total. The van der Waals surface area contributed by atoms with Crippen LogP contribution in [0.25, 0.3) is 33.1 Å². The Labute approximate surface area is 131 Å². The maximum absolute atomic E-state index is 12.5. The lowest BCUT2D eigenvalue weighted by Crippen LogP contribution is -1.99. The Kier molecular flexibility index (Phi) is 2.98. The second-order valence-corrected chi connectivity index (χ2v) is 5.35. The van der Waals surface area contributed by atoms with Crippen LogP contribution in [0.2, 0.25) is 0 Å². The summed E-state index contributed by atoms with van der Waals surface area (Å²) in [4.78, 5) is 12.5. The van der Waals surface area contributed by atoms with E-state index in [1.807, 2.05) is 49.4 Å². The fraction of sp³-hybridized carbons (Fsp3) is 0.105. The van der Waals surface area contributed by atoms with Crippen LogP contribution >= 0.6 is 0 Å². The Morgan fingerprint density at radius 1 is 0.957 bits per heavy atom. The van der Waals surface area contributed by atoms with Crippen molar-refractivity contribution >= 4 is 21.9 Å². The molecule has 0 aliphatic carbocycles. The molecule has 4 rings (SSSR count). The Bertz CT molecular complexity index is 1070. The fourth-order valence-electron chi connectivity index (χ4n) is 2.93. The first-order valence-corrected chi connectivity index (χ1v) is 7.28. The van der Waals surface area contributed by atoms with Gasteiger partial charge in [0.1, 0.15) is 22.5 Å². The molecule has 4 aromatic rings. The van der Waals surface area contributed by atoms with Crippen molar-refractivity contribution in [3.8, 4) is 16.9 Å². The van der Waals surface area contributed by atoms with Gasteiger partial charge in [-0.3, -0.25) is 0 Å². The van der Waals surface area contributed by atoms with Gasteiger partial charge in [-0.05, 0) is 36.8 Å². The smallest absolute Gasteiger partial charge is 0.348 e.